The summed E-state index contributed by atoms with van der Waals surface area (Å²) in [5.41, 5.74) is 0. The Bertz CT molecular complexity index is 266. The van der Waals surface area contributed by atoms with E-state index in [-0.39, 0.29) is 0 Å². The second-order valence-electron chi connectivity index (χ2n) is 4.31. The number of allylic oxidation sites excluding steroid dienone is 4. The molecule has 1 aliphatic rings. The van der Waals surface area contributed by atoms with Crippen molar-refractivity contribution < 1.29 is 9.47 Å². The summed E-state index contributed by atoms with van der Waals surface area (Å²) in [6, 6.07) is 0. The Labute approximate surface area is 111 Å². The molecule has 100 valence electrons. The van der Waals surface area contributed by atoms with Crippen LogP contribution in [0.15, 0.2) is 24.3 Å². The molecule has 0 N–H and O–H groups in total. The highest BCUT2D eigenvalue weighted by atomic mass is 16.5. The summed E-state index contributed by atoms with van der Waals surface area (Å²) < 4.78 is 10.8. The number of ether oxygens (including phenoxy) is 2. The minimum absolute atomic E-state index is 0.530. The standard InChI is InChI=1S/C16H24O2/c1-2-4-6-8-10-14-18-16-12-11-15-17-13-9-7-5-3-1/h1-4H,5-10,13-16H2/b3-1+,4-2+. The average Bonchev–Trinajstić information content (AvgIpc) is 2.39. The molecule has 1 aliphatic heterocycles. The second kappa shape index (κ2) is 12.4. The van der Waals surface area contributed by atoms with Crippen molar-refractivity contribution in [1.82, 2.24) is 0 Å². The van der Waals surface area contributed by atoms with Crippen LogP contribution >= 0.6 is 0 Å². The molecule has 0 fully saturated rings. The molecule has 0 atom stereocenters. The minimum Gasteiger partial charge on any atom is -0.369 e. The number of rotatable bonds is 0. The fourth-order valence-corrected chi connectivity index (χ4v) is 1.63. The van der Waals surface area contributed by atoms with Gasteiger partial charge in [-0.05, 0) is 38.5 Å². The highest BCUT2D eigenvalue weighted by molar-refractivity contribution is 5.02. The van der Waals surface area contributed by atoms with Gasteiger partial charge in [0.25, 0.3) is 0 Å². The van der Waals surface area contributed by atoms with Crippen molar-refractivity contribution in [2.24, 2.45) is 0 Å². The maximum absolute atomic E-state index is 5.41. The number of hydrogen-bond donors (Lipinski definition) is 0. The Kier molecular flexibility index (Phi) is 10.4. The first-order valence-corrected chi connectivity index (χ1v) is 6.93. The van der Waals surface area contributed by atoms with E-state index in [0.717, 1.165) is 38.9 Å². The first-order valence-electron chi connectivity index (χ1n) is 6.93. The first-order chi connectivity index (χ1) is 9.00. The van der Waals surface area contributed by atoms with E-state index < -0.39 is 0 Å². The fourth-order valence-electron chi connectivity index (χ4n) is 1.63. The molecule has 0 saturated carbocycles. The lowest BCUT2D eigenvalue weighted by atomic mass is 10.2. The maximum Gasteiger partial charge on any atom is 0.107 e. The van der Waals surface area contributed by atoms with E-state index in [1.807, 2.05) is 0 Å². The lowest BCUT2D eigenvalue weighted by Gasteiger charge is -1.99. The number of hydrogen-bond acceptors (Lipinski definition) is 2. The third-order valence-corrected chi connectivity index (χ3v) is 2.68. The molecule has 2 nitrogen and oxygen atoms in total. The van der Waals surface area contributed by atoms with Gasteiger partial charge in [-0.15, -0.1) is 0 Å². The normalized spacial score (nSPS) is 24.0. The molecule has 0 aliphatic carbocycles. The van der Waals surface area contributed by atoms with Crippen molar-refractivity contribution >= 4 is 0 Å². The lowest BCUT2D eigenvalue weighted by Crippen LogP contribution is -1.97. The molecule has 0 saturated heterocycles. The smallest absolute Gasteiger partial charge is 0.107 e. The van der Waals surface area contributed by atoms with Gasteiger partial charge in [-0.25, -0.2) is 0 Å². The van der Waals surface area contributed by atoms with Crippen molar-refractivity contribution in [3.63, 3.8) is 0 Å². The summed E-state index contributed by atoms with van der Waals surface area (Å²) in [6.07, 6.45) is 15.6. The van der Waals surface area contributed by atoms with E-state index in [1.165, 1.54) is 12.8 Å². The first kappa shape index (κ1) is 15.0. The van der Waals surface area contributed by atoms with Gasteiger partial charge in [0.15, 0.2) is 0 Å². The van der Waals surface area contributed by atoms with Crippen molar-refractivity contribution in [3.8, 4) is 11.8 Å². The van der Waals surface area contributed by atoms with E-state index >= 15 is 0 Å². The molecule has 0 aromatic rings. The van der Waals surface area contributed by atoms with E-state index in [2.05, 4.69) is 36.1 Å². The SMILES string of the molecule is C1#CCOCCCC/C=C/C=C/CCCCOC1. The molecule has 0 spiro atoms. The molecule has 0 unspecified atom stereocenters. The molecule has 0 aromatic heterocycles. The van der Waals surface area contributed by atoms with Crippen LogP contribution in [0.3, 0.4) is 0 Å². The molecular weight excluding hydrogens is 224 g/mol. The van der Waals surface area contributed by atoms with Crippen LogP contribution in [-0.4, -0.2) is 26.4 Å². The fraction of sp³-hybridized carbons (Fsp3) is 0.625. The topological polar surface area (TPSA) is 18.5 Å². The van der Waals surface area contributed by atoms with Crippen molar-refractivity contribution in [1.29, 1.82) is 0 Å². The summed E-state index contributed by atoms with van der Waals surface area (Å²) in [4.78, 5) is 0. The molecule has 0 amide bonds. The summed E-state index contributed by atoms with van der Waals surface area (Å²) in [5, 5.41) is 0. The van der Waals surface area contributed by atoms with Gasteiger partial charge in [-0.1, -0.05) is 36.1 Å². The molecule has 0 radical (unpaired) electrons. The predicted octanol–water partition coefficient (Wildman–Crippen LogP) is 3.49. The van der Waals surface area contributed by atoms with Gasteiger partial charge < -0.3 is 9.47 Å². The molecule has 1 heterocycles. The predicted molar refractivity (Wildman–Crippen MR) is 75.4 cm³/mol. The highest BCUT2D eigenvalue weighted by Crippen LogP contribution is 2.00. The molecule has 0 bridgehead atoms. The van der Waals surface area contributed by atoms with Crippen LogP contribution in [0.1, 0.15) is 38.5 Å². The van der Waals surface area contributed by atoms with E-state index in [4.69, 9.17) is 9.47 Å². The van der Waals surface area contributed by atoms with Crippen molar-refractivity contribution in [2.75, 3.05) is 26.4 Å². The molecule has 0 aromatic carbocycles. The van der Waals surface area contributed by atoms with Crippen molar-refractivity contribution in [2.45, 2.75) is 38.5 Å². The molecule has 1 rings (SSSR count). The lowest BCUT2D eigenvalue weighted by molar-refractivity contribution is 0.157. The summed E-state index contributed by atoms with van der Waals surface area (Å²) in [5.74, 6) is 5.93. The van der Waals surface area contributed by atoms with E-state index in [9.17, 15) is 0 Å². The average molecular weight is 248 g/mol. The van der Waals surface area contributed by atoms with Crippen LogP contribution in [0.2, 0.25) is 0 Å². The zero-order valence-corrected chi connectivity index (χ0v) is 11.2. The molecular formula is C16H24O2. The largest absolute Gasteiger partial charge is 0.369 e. The highest BCUT2D eigenvalue weighted by Gasteiger charge is 1.88. The second-order valence-corrected chi connectivity index (χ2v) is 4.31. The Hall–Kier alpha value is -1.04. The van der Waals surface area contributed by atoms with Crippen LogP contribution in [-0.2, 0) is 9.47 Å². The van der Waals surface area contributed by atoms with Gasteiger partial charge in [0, 0.05) is 13.2 Å². The van der Waals surface area contributed by atoms with Crippen molar-refractivity contribution in [3.05, 3.63) is 24.3 Å². The zero-order chi connectivity index (χ0) is 12.7. The molecule has 18 heavy (non-hydrogen) atoms. The van der Waals surface area contributed by atoms with Crippen LogP contribution in [0, 0.1) is 11.8 Å². The quantitative estimate of drug-likeness (QED) is 0.611. The Morgan fingerprint density at radius 3 is 1.67 bits per heavy atom. The minimum atomic E-state index is 0.530. The molecule has 2 heteroatoms. The summed E-state index contributed by atoms with van der Waals surface area (Å²) >= 11 is 0. The van der Waals surface area contributed by atoms with Gasteiger partial charge in [0.05, 0.1) is 0 Å². The summed E-state index contributed by atoms with van der Waals surface area (Å²) in [6.45, 7) is 2.67. The Balaban J connectivity index is 2.21. The van der Waals surface area contributed by atoms with Crippen LogP contribution in [0.25, 0.3) is 0 Å². The monoisotopic (exact) mass is 248 g/mol. The Morgan fingerprint density at radius 2 is 1.17 bits per heavy atom. The zero-order valence-electron chi connectivity index (χ0n) is 11.2. The maximum atomic E-state index is 5.41. The van der Waals surface area contributed by atoms with Crippen LogP contribution < -0.4 is 0 Å². The van der Waals surface area contributed by atoms with Gasteiger partial charge in [-0.3, -0.25) is 0 Å². The third-order valence-electron chi connectivity index (χ3n) is 2.68. The third kappa shape index (κ3) is 10.1. The van der Waals surface area contributed by atoms with Crippen LogP contribution in [0.5, 0.6) is 0 Å². The van der Waals surface area contributed by atoms with Gasteiger partial charge in [0.1, 0.15) is 13.2 Å². The van der Waals surface area contributed by atoms with Crippen LogP contribution in [0.4, 0.5) is 0 Å². The van der Waals surface area contributed by atoms with E-state index in [0.29, 0.717) is 13.2 Å². The summed E-state index contributed by atoms with van der Waals surface area (Å²) in [7, 11) is 0. The van der Waals surface area contributed by atoms with Gasteiger partial charge in [0.2, 0.25) is 0 Å². The Morgan fingerprint density at radius 1 is 0.667 bits per heavy atom. The van der Waals surface area contributed by atoms with E-state index in [1.54, 1.807) is 0 Å². The van der Waals surface area contributed by atoms with Gasteiger partial charge in [-0.2, -0.15) is 0 Å². The van der Waals surface area contributed by atoms with Gasteiger partial charge >= 0.3 is 0 Å².